The van der Waals surface area contributed by atoms with Crippen molar-refractivity contribution in [1.29, 1.82) is 0 Å². The minimum absolute atomic E-state index is 0.0791. The van der Waals surface area contributed by atoms with Crippen LogP contribution in [0.15, 0.2) is 38.9 Å². The van der Waals surface area contributed by atoms with Crippen LogP contribution in [0, 0.1) is 11.7 Å². The average Bonchev–Trinajstić information content (AvgIpc) is 3.05. The molecule has 0 saturated heterocycles. The van der Waals surface area contributed by atoms with E-state index in [1.165, 1.54) is 6.07 Å². The fourth-order valence-electron chi connectivity index (χ4n) is 3.46. The molecule has 1 fully saturated rings. The van der Waals surface area contributed by atoms with E-state index in [1.807, 2.05) is 0 Å². The molecule has 1 unspecified atom stereocenters. The molecule has 2 heterocycles. The zero-order valence-corrected chi connectivity index (χ0v) is 13.0. The fourth-order valence-corrected chi connectivity index (χ4v) is 3.86. The van der Waals surface area contributed by atoms with E-state index in [4.69, 9.17) is 4.74 Å². The predicted molar refractivity (Wildman–Crippen MR) is 80.0 cm³/mol. The van der Waals surface area contributed by atoms with Crippen LogP contribution in [0.1, 0.15) is 24.3 Å². The Kier molecular flexibility index (Phi) is 3.04. The normalized spacial score (nSPS) is 26.7. The lowest BCUT2D eigenvalue weighted by molar-refractivity contribution is -0.136. The first-order chi connectivity index (χ1) is 10.6. The topological polar surface area (TPSA) is 55.7 Å². The monoisotopic (exact) mass is 363 g/mol. The third-order valence-corrected chi connectivity index (χ3v) is 5.04. The number of halogens is 2. The summed E-state index contributed by atoms with van der Waals surface area (Å²) in [5, 5.41) is 0. The number of ether oxygens (including phenoxy) is 1. The van der Waals surface area contributed by atoms with Gasteiger partial charge < -0.3 is 4.74 Å². The maximum atomic E-state index is 13.5. The number of Topliss-reactive ketones (excluding diaryl/α,β-unsaturated/α-hetero) is 1. The van der Waals surface area contributed by atoms with E-state index in [0.717, 1.165) is 11.3 Å². The van der Waals surface area contributed by atoms with Crippen LogP contribution in [-0.4, -0.2) is 24.1 Å². The third-order valence-electron chi connectivity index (χ3n) is 4.43. The summed E-state index contributed by atoms with van der Waals surface area (Å²) in [6, 6.07) is 4.59. The number of benzene rings is 1. The van der Waals surface area contributed by atoms with Gasteiger partial charge in [-0.15, -0.1) is 0 Å². The molecule has 22 heavy (non-hydrogen) atoms. The van der Waals surface area contributed by atoms with E-state index in [1.54, 1.807) is 12.1 Å². The summed E-state index contributed by atoms with van der Waals surface area (Å²) in [4.78, 5) is 28.9. The zero-order chi connectivity index (χ0) is 15.4. The van der Waals surface area contributed by atoms with Crippen molar-refractivity contribution in [3.63, 3.8) is 0 Å². The Morgan fingerprint density at radius 2 is 2.05 bits per heavy atom. The second kappa shape index (κ2) is 4.84. The Bertz CT molecular complexity index is 784. The van der Waals surface area contributed by atoms with Gasteiger partial charge in [-0.05, 0) is 40.0 Å². The SMILES string of the molecule is O=C1OCC2=C1[C@@H](c1ccc(F)c(Br)c1)C1C(=O)CCC1=N2. The fraction of sp³-hybridized carbons (Fsp3) is 0.312. The van der Waals surface area contributed by atoms with Crippen molar-refractivity contribution in [3.8, 4) is 0 Å². The van der Waals surface area contributed by atoms with Gasteiger partial charge in [-0.25, -0.2) is 9.18 Å². The summed E-state index contributed by atoms with van der Waals surface area (Å²) in [6.07, 6.45) is 1.06. The van der Waals surface area contributed by atoms with Gasteiger partial charge in [0.25, 0.3) is 0 Å². The van der Waals surface area contributed by atoms with Gasteiger partial charge >= 0.3 is 5.97 Å². The molecule has 2 atom stereocenters. The Hall–Kier alpha value is -1.82. The molecule has 0 spiro atoms. The number of carbonyl (C=O) groups is 2. The number of hydrogen-bond acceptors (Lipinski definition) is 4. The van der Waals surface area contributed by atoms with Gasteiger partial charge in [-0.1, -0.05) is 6.07 Å². The van der Waals surface area contributed by atoms with Crippen LogP contribution in [0.3, 0.4) is 0 Å². The van der Waals surface area contributed by atoms with E-state index in [2.05, 4.69) is 20.9 Å². The van der Waals surface area contributed by atoms with Crippen molar-refractivity contribution >= 4 is 33.4 Å². The van der Waals surface area contributed by atoms with Crippen LogP contribution in [0.25, 0.3) is 0 Å². The number of rotatable bonds is 1. The molecule has 1 aromatic carbocycles. The second-order valence-electron chi connectivity index (χ2n) is 5.63. The van der Waals surface area contributed by atoms with Crippen molar-refractivity contribution in [2.45, 2.75) is 18.8 Å². The van der Waals surface area contributed by atoms with Gasteiger partial charge in [-0.2, -0.15) is 0 Å². The minimum atomic E-state index is -0.429. The minimum Gasteiger partial charge on any atom is -0.456 e. The molecule has 1 aromatic rings. The number of fused-ring (bicyclic) bond motifs is 1. The maximum Gasteiger partial charge on any atom is 0.337 e. The molecule has 0 aromatic heterocycles. The Balaban J connectivity index is 1.90. The first-order valence-corrected chi connectivity index (χ1v) is 7.81. The van der Waals surface area contributed by atoms with Crippen molar-refractivity contribution in [3.05, 3.63) is 45.3 Å². The van der Waals surface area contributed by atoms with E-state index in [-0.39, 0.29) is 18.2 Å². The molecule has 1 saturated carbocycles. The van der Waals surface area contributed by atoms with E-state index in [9.17, 15) is 14.0 Å². The molecule has 112 valence electrons. The number of esters is 1. The Labute approximate surface area is 134 Å². The number of cyclic esters (lactones) is 1. The summed E-state index contributed by atoms with van der Waals surface area (Å²) in [5.41, 5.74) is 2.60. The molecule has 6 heteroatoms. The smallest absolute Gasteiger partial charge is 0.337 e. The van der Waals surface area contributed by atoms with Crippen molar-refractivity contribution in [2.75, 3.05) is 6.61 Å². The predicted octanol–water partition coefficient (Wildman–Crippen LogP) is 2.92. The molecule has 0 radical (unpaired) electrons. The second-order valence-corrected chi connectivity index (χ2v) is 6.49. The molecule has 4 rings (SSSR count). The lowest BCUT2D eigenvalue weighted by Crippen LogP contribution is -2.29. The van der Waals surface area contributed by atoms with Crippen molar-refractivity contribution in [2.24, 2.45) is 10.9 Å². The summed E-state index contributed by atoms with van der Waals surface area (Å²) in [6.45, 7) is 0.150. The Morgan fingerprint density at radius 3 is 2.82 bits per heavy atom. The highest BCUT2D eigenvalue weighted by molar-refractivity contribution is 9.10. The van der Waals surface area contributed by atoms with Crippen LogP contribution in [0.5, 0.6) is 0 Å². The quantitative estimate of drug-likeness (QED) is 0.720. The maximum absolute atomic E-state index is 13.5. The molecular weight excluding hydrogens is 353 g/mol. The van der Waals surface area contributed by atoms with E-state index >= 15 is 0 Å². The zero-order valence-electron chi connectivity index (χ0n) is 11.4. The average molecular weight is 364 g/mol. The van der Waals surface area contributed by atoms with Crippen molar-refractivity contribution in [1.82, 2.24) is 0 Å². The van der Waals surface area contributed by atoms with Gasteiger partial charge in [0.2, 0.25) is 0 Å². The number of aliphatic imine (C=N–C) groups is 1. The third kappa shape index (κ3) is 1.90. The van der Waals surface area contributed by atoms with Gasteiger partial charge in [0.05, 0.1) is 21.7 Å². The first kappa shape index (κ1) is 13.8. The number of hydrogen-bond donors (Lipinski definition) is 0. The van der Waals surface area contributed by atoms with Crippen LogP contribution in [0.2, 0.25) is 0 Å². The van der Waals surface area contributed by atoms with E-state index in [0.29, 0.717) is 28.6 Å². The molecule has 1 aliphatic carbocycles. The van der Waals surface area contributed by atoms with Gasteiger partial charge in [0, 0.05) is 18.1 Å². The lowest BCUT2D eigenvalue weighted by atomic mass is 9.76. The van der Waals surface area contributed by atoms with Crippen LogP contribution in [-0.2, 0) is 14.3 Å². The number of carbonyl (C=O) groups excluding carboxylic acids is 2. The highest BCUT2D eigenvalue weighted by atomic mass is 79.9. The van der Waals surface area contributed by atoms with Gasteiger partial charge in [0.1, 0.15) is 18.2 Å². The largest absolute Gasteiger partial charge is 0.456 e. The standard InChI is InChI=1S/C16H11BrFNO3/c17-8-5-7(1-2-9(8)18)13-14-10(3-4-12(14)20)19-11-6-22-16(21)15(11)13/h1-2,5,13-14H,3-4,6H2/t13-,14?/m0/s1. The molecular formula is C16H11BrFNO3. The van der Waals surface area contributed by atoms with Crippen LogP contribution >= 0.6 is 15.9 Å². The number of ketones is 1. The Morgan fingerprint density at radius 1 is 1.23 bits per heavy atom. The lowest BCUT2D eigenvalue weighted by Gasteiger charge is -2.27. The molecule has 4 nitrogen and oxygen atoms in total. The summed E-state index contributed by atoms with van der Waals surface area (Å²) >= 11 is 3.17. The molecule has 0 amide bonds. The van der Waals surface area contributed by atoms with Crippen LogP contribution in [0.4, 0.5) is 4.39 Å². The first-order valence-electron chi connectivity index (χ1n) is 7.01. The van der Waals surface area contributed by atoms with Crippen LogP contribution < -0.4 is 0 Å². The molecule has 0 bridgehead atoms. The van der Waals surface area contributed by atoms with Gasteiger partial charge in [-0.3, -0.25) is 9.79 Å². The summed E-state index contributed by atoms with van der Waals surface area (Å²) in [7, 11) is 0. The number of nitrogens with zero attached hydrogens (tertiary/aromatic N) is 1. The molecule has 3 aliphatic rings. The summed E-state index contributed by atoms with van der Waals surface area (Å²) in [5.74, 6) is -1.58. The highest BCUT2D eigenvalue weighted by Crippen LogP contribution is 2.46. The molecule has 0 N–H and O–H groups in total. The van der Waals surface area contributed by atoms with Crippen molar-refractivity contribution < 1.29 is 18.7 Å². The summed E-state index contributed by atoms with van der Waals surface area (Å²) < 4.78 is 18.9. The molecule has 2 aliphatic heterocycles. The van der Waals surface area contributed by atoms with Gasteiger partial charge in [0.15, 0.2) is 0 Å². The highest BCUT2D eigenvalue weighted by Gasteiger charge is 2.47. The van der Waals surface area contributed by atoms with E-state index < -0.39 is 17.8 Å².